The summed E-state index contributed by atoms with van der Waals surface area (Å²) in [5.74, 6) is 0.585. The van der Waals surface area contributed by atoms with Crippen molar-refractivity contribution in [2.24, 2.45) is 0 Å². The van der Waals surface area contributed by atoms with Crippen LogP contribution in [0.4, 0.5) is 0 Å². The zero-order chi connectivity index (χ0) is 15.4. The molecule has 3 heterocycles. The third kappa shape index (κ3) is 3.55. The summed E-state index contributed by atoms with van der Waals surface area (Å²) >= 11 is 7.07. The molecule has 1 N–H and O–H groups in total. The second-order valence-corrected chi connectivity index (χ2v) is 6.28. The van der Waals surface area contributed by atoms with E-state index in [1.165, 1.54) is 11.3 Å². The molecule has 0 saturated carbocycles. The molecule has 1 saturated heterocycles. The lowest BCUT2D eigenvalue weighted by molar-refractivity contribution is 0.0554. The van der Waals surface area contributed by atoms with E-state index in [1.54, 1.807) is 22.7 Å². The largest absolute Gasteiger partial charge is 0.490 e. The zero-order valence-electron chi connectivity index (χ0n) is 11.7. The number of nitrogens with zero attached hydrogens (tertiary/aromatic N) is 3. The summed E-state index contributed by atoms with van der Waals surface area (Å²) in [4.78, 5) is 22.4. The number of hydrogen-bond acceptors (Lipinski definition) is 6. The molecule has 116 valence electrons. The molecule has 22 heavy (non-hydrogen) atoms. The number of carbonyl (C=O) groups excluding carboxylic acids is 1. The lowest BCUT2D eigenvalue weighted by atomic mass is 10.2. The molecule has 1 amide bonds. The normalized spacial score (nSPS) is 18.2. The Labute approximate surface area is 137 Å². The van der Waals surface area contributed by atoms with E-state index >= 15 is 0 Å². The Morgan fingerprint density at radius 3 is 3.23 bits per heavy atom. The SMILES string of the molecule is O=C(c1csc(Cl)n1)N1CCNCC1COc1cccnc1. The van der Waals surface area contributed by atoms with Gasteiger partial charge in [-0.1, -0.05) is 11.6 Å². The van der Waals surface area contributed by atoms with E-state index in [9.17, 15) is 4.79 Å². The highest BCUT2D eigenvalue weighted by atomic mass is 35.5. The molecule has 0 aliphatic carbocycles. The van der Waals surface area contributed by atoms with Gasteiger partial charge in [0.25, 0.3) is 5.91 Å². The van der Waals surface area contributed by atoms with Gasteiger partial charge in [-0.15, -0.1) is 11.3 Å². The van der Waals surface area contributed by atoms with Gasteiger partial charge in [0.1, 0.15) is 18.1 Å². The van der Waals surface area contributed by atoms with Crippen LogP contribution in [0.25, 0.3) is 0 Å². The fraction of sp³-hybridized carbons (Fsp3) is 0.357. The summed E-state index contributed by atoms with van der Waals surface area (Å²) in [5.41, 5.74) is 0.392. The Kier molecular flexibility index (Phi) is 4.87. The van der Waals surface area contributed by atoms with E-state index in [0.717, 1.165) is 6.54 Å². The minimum Gasteiger partial charge on any atom is -0.490 e. The summed E-state index contributed by atoms with van der Waals surface area (Å²) in [5, 5.41) is 4.97. The van der Waals surface area contributed by atoms with Gasteiger partial charge in [-0.3, -0.25) is 9.78 Å². The lowest BCUT2D eigenvalue weighted by Gasteiger charge is -2.35. The van der Waals surface area contributed by atoms with Gasteiger partial charge in [0.15, 0.2) is 4.47 Å². The minimum absolute atomic E-state index is 0.0538. The fourth-order valence-electron chi connectivity index (χ4n) is 2.30. The maximum absolute atomic E-state index is 12.6. The van der Waals surface area contributed by atoms with Gasteiger partial charge >= 0.3 is 0 Å². The Balaban J connectivity index is 1.67. The van der Waals surface area contributed by atoms with Gasteiger partial charge < -0.3 is 15.0 Å². The van der Waals surface area contributed by atoms with Crippen LogP contribution in [0.3, 0.4) is 0 Å². The first-order chi connectivity index (χ1) is 10.7. The standard InChI is InChI=1S/C14H15ClN4O2S/c15-14-18-12(9-22-14)13(20)19-5-4-17-6-10(19)8-21-11-2-1-3-16-7-11/h1-3,7,9-10,17H,4-6,8H2. The minimum atomic E-state index is -0.107. The van der Waals surface area contributed by atoms with Crippen LogP contribution in [0.1, 0.15) is 10.5 Å². The molecule has 3 rings (SSSR count). The molecule has 1 fully saturated rings. The monoisotopic (exact) mass is 338 g/mol. The molecule has 0 aromatic carbocycles. The van der Waals surface area contributed by atoms with Crippen molar-refractivity contribution in [3.8, 4) is 5.75 Å². The summed E-state index contributed by atoms with van der Waals surface area (Å²) < 4.78 is 6.10. The van der Waals surface area contributed by atoms with Crippen molar-refractivity contribution in [2.75, 3.05) is 26.2 Å². The summed E-state index contributed by atoms with van der Waals surface area (Å²) in [7, 11) is 0. The van der Waals surface area contributed by atoms with Crippen molar-refractivity contribution in [3.05, 3.63) is 40.1 Å². The van der Waals surface area contributed by atoms with Crippen molar-refractivity contribution in [1.29, 1.82) is 0 Å². The molecular formula is C14H15ClN4O2S. The molecule has 0 spiro atoms. The Hall–Kier alpha value is -1.70. The maximum atomic E-state index is 12.6. The maximum Gasteiger partial charge on any atom is 0.273 e. The Morgan fingerprint density at radius 1 is 1.59 bits per heavy atom. The van der Waals surface area contributed by atoms with Gasteiger partial charge in [0.05, 0.1) is 12.2 Å². The van der Waals surface area contributed by atoms with Crippen LogP contribution in [-0.4, -0.2) is 53.1 Å². The number of carbonyl (C=O) groups is 1. The fourth-order valence-corrected chi connectivity index (χ4v) is 3.04. The molecule has 2 aromatic heterocycles. The summed E-state index contributed by atoms with van der Waals surface area (Å²) in [6.07, 6.45) is 3.35. The molecule has 6 nitrogen and oxygen atoms in total. The van der Waals surface area contributed by atoms with Crippen molar-refractivity contribution >= 4 is 28.8 Å². The third-order valence-electron chi connectivity index (χ3n) is 3.38. The number of halogens is 1. The second kappa shape index (κ2) is 7.04. The number of pyridine rings is 1. The first-order valence-corrected chi connectivity index (χ1v) is 8.15. The smallest absolute Gasteiger partial charge is 0.273 e. The molecule has 1 aliphatic rings. The first-order valence-electron chi connectivity index (χ1n) is 6.89. The number of rotatable bonds is 4. The summed E-state index contributed by atoms with van der Waals surface area (Å²) in [6.45, 7) is 2.47. The number of amides is 1. The number of aromatic nitrogens is 2. The van der Waals surface area contributed by atoms with Crippen molar-refractivity contribution in [1.82, 2.24) is 20.2 Å². The van der Waals surface area contributed by atoms with Crippen molar-refractivity contribution < 1.29 is 9.53 Å². The number of nitrogens with one attached hydrogen (secondary N) is 1. The van der Waals surface area contributed by atoms with Gasteiger partial charge in [-0.05, 0) is 12.1 Å². The highest BCUT2D eigenvalue weighted by Gasteiger charge is 2.29. The van der Waals surface area contributed by atoms with Crippen LogP contribution in [0, 0.1) is 0 Å². The second-order valence-electron chi connectivity index (χ2n) is 4.84. The highest BCUT2D eigenvalue weighted by Crippen LogP contribution is 2.18. The van der Waals surface area contributed by atoms with E-state index in [4.69, 9.17) is 16.3 Å². The van der Waals surface area contributed by atoms with Crippen LogP contribution in [0.5, 0.6) is 5.75 Å². The quantitative estimate of drug-likeness (QED) is 0.918. The first kappa shape index (κ1) is 15.2. The number of piperazine rings is 1. The number of thiazole rings is 1. The molecule has 0 bridgehead atoms. The predicted molar refractivity (Wildman–Crippen MR) is 84.6 cm³/mol. The topological polar surface area (TPSA) is 67.4 Å². The van der Waals surface area contributed by atoms with E-state index < -0.39 is 0 Å². The number of hydrogen-bond donors (Lipinski definition) is 1. The average Bonchev–Trinajstić information content (AvgIpc) is 3.00. The van der Waals surface area contributed by atoms with Crippen molar-refractivity contribution in [3.63, 3.8) is 0 Å². The molecule has 1 unspecified atom stereocenters. The van der Waals surface area contributed by atoms with E-state index in [1.807, 2.05) is 12.1 Å². The van der Waals surface area contributed by atoms with Gasteiger partial charge in [0.2, 0.25) is 0 Å². The van der Waals surface area contributed by atoms with E-state index in [-0.39, 0.29) is 11.9 Å². The predicted octanol–water partition coefficient (Wildman–Crippen LogP) is 1.68. The number of ether oxygens (including phenoxy) is 1. The molecule has 1 atom stereocenters. The zero-order valence-corrected chi connectivity index (χ0v) is 13.3. The molecule has 0 radical (unpaired) electrons. The highest BCUT2D eigenvalue weighted by molar-refractivity contribution is 7.14. The van der Waals surface area contributed by atoms with Crippen LogP contribution < -0.4 is 10.1 Å². The summed E-state index contributed by atoms with van der Waals surface area (Å²) in [6, 6.07) is 3.60. The van der Waals surface area contributed by atoms with E-state index in [0.29, 0.717) is 35.6 Å². The Bertz CT molecular complexity index is 637. The van der Waals surface area contributed by atoms with Crippen LogP contribution in [0.15, 0.2) is 29.9 Å². The molecule has 8 heteroatoms. The van der Waals surface area contributed by atoms with E-state index in [2.05, 4.69) is 15.3 Å². The van der Waals surface area contributed by atoms with Crippen LogP contribution >= 0.6 is 22.9 Å². The van der Waals surface area contributed by atoms with Crippen LogP contribution in [-0.2, 0) is 0 Å². The van der Waals surface area contributed by atoms with Gasteiger partial charge in [-0.25, -0.2) is 4.98 Å². The van der Waals surface area contributed by atoms with Crippen LogP contribution in [0.2, 0.25) is 4.47 Å². The average molecular weight is 339 g/mol. The third-order valence-corrected chi connectivity index (χ3v) is 4.36. The molecule has 2 aromatic rings. The van der Waals surface area contributed by atoms with Gasteiger partial charge in [0, 0.05) is 31.2 Å². The Morgan fingerprint density at radius 2 is 2.50 bits per heavy atom. The lowest BCUT2D eigenvalue weighted by Crippen LogP contribution is -2.56. The molecular weight excluding hydrogens is 324 g/mol. The molecule has 1 aliphatic heterocycles. The van der Waals surface area contributed by atoms with Crippen molar-refractivity contribution in [2.45, 2.75) is 6.04 Å². The van der Waals surface area contributed by atoms with Gasteiger partial charge in [-0.2, -0.15) is 0 Å².